The highest BCUT2D eigenvalue weighted by Crippen LogP contribution is 2.54. The summed E-state index contributed by atoms with van der Waals surface area (Å²) in [6.45, 7) is 0.447. The zero-order chi connectivity index (χ0) is 22.9. The number of esters is 1. The predicted octanol–water partition coefficient (Wildman–Crippen LogP) is 4.26. The van der Waals surface area contributed by atoms with Crippen LogP contribution in [0.25, 0.3) is 11.1 Å². The number of carbonyl (C=O) groups is 2. The van der Waals surface area contributed by atoms with Gasteiger partial charge in [0.15, 0.2) is 11.5 Å². The lowest BCUT2D eigenvalue weighted by Crippen LogP contribution is -2.32. The molecule has 0 aromatic heterocycles. The summed E-state index contributed by atoms with van der Waals surface area (Å²) < 4.78 is 22.7. The van der Waals surface area contributed by atoms with E-state index in [9.17, 15) is 14.7 Å². The Labute approximate surface area is 191 Å². The molecule has 4 rings (SSSR count). The van der Waals surface area contributed by atoms with Crippen LogP contribution >= 0.6 is 11.8 Å². The number of hydrogen-bond donors (Lipinski definition) is 1. The fourth-order valence-corrected chi connectivity index (χ4v) is 5.13. The number of aliphatic carboxylic acids is 1. The summed E-state index contributed by atoms with van der Waals surface area (Å²) in [5, 5.41) is 9.76. The number of cyclic esters (lactones) is 1. The van der Waals surface area contributed by atoms with E-state index in [-0.39, 0.29) is 19.2 Å². The van der Waals surface area contributed by atoms with Gasteiger partial charge < -0.3 is 24.1 Å². The van der Waals surface area contributed by atoms with Crippen LogP contribution in [0.15, 0.2) is 30.3 Å². The minimum atomic E-state index is -0.796. The number of fused-ring (bicyclic) bond motifs is 1. The number of carboxylic acid groups (broad SMARTS) is 1. The molecule has 0 radical (unpaired) electrons. The first-order valence-electron chi connectivity index (χ1n) is 10.3. The van der Waals surface area contributed by atoms with Gasteiger partial charge in [-0.3, -0.25) is 4.79 Å². The molecule has 8 heteroatoms. The van der Waals surface area contributed by atoms with Crippen molar-refractivity contribution < 1.29 is 33.6 Å². The van der Waals surface area contributed by atoms with Gasteiger partial charge in [0.25, 0.3) is 0 Å². The SMILES string of the molecule is COc1ccc(-c2cccc3c2COC3=O)c(OCC2(C(CSC)C(=O)O)CC2)c1OC. The Morgan fingerprint density at radius 3 is 2.50 bits per heavy atom. The molecule has 2 aromatic rings. The third-order valence-electron chi connectivity index (χ3n) is 6.30. The quantitative estimate of drug-likeness (QED) is 0.528. The van der Waals surface area contributed by atoms with Crippen molar-refractivity contribution in [2.75, 3.05) is 32.8 Å². The van der Waals surface area contributed by atoms with Crippen LogP contribution in [0.2, 0.25) is 0 Å². The van der Waals surface area contributed by atoms with E-state index in [1.165, 1.54) is 18.9 Å². The standard InChI is InChI=1S/C24H26O7S/c1-28-19-8-7-15(14-5-4-6-16-17(14)11-30-23(16)27)20(21(19)29-2)31-13-24(9-10-24)18(12-32-3)22(25)26/h4-8,18H,9-13H2,1-3H3,(H,25,26). The summed E-state index contributed by atoms with van der Waals surface area (Å²) in [6, 6.07) is 9.12. The third kappa shape index (κ3) is 3.88. The third-order valence-corrected chi connectivity index (χ3v) is 6.97. The Bertz CT molecular complexity index is 1040. The van der Waals surface area contributed by atoms with E-state index in [4.69, 9.17) is 18.9 Å². The van der Waals surface area contributed by atoms with E-state index >= 15 is 0 Å². The average Bonchev–Trinajstić information content (AvgIpc) is 3.49. The molecule has 1 aliphatic heterocycles. The van der Waals surface area contributed by atoms with Crippen molar-refractivity contribution in [1.82, 2.24) is 0 Å². The van der Waals surface area contributed by atoms with Crippen LogP contribution in [0.1, 0.15) is 28.8 Å². The molecule has 0 amide bonds. The van der Waals surface area contributed by atoms with Crippen molar-refractivity contribution in [1.29, 1.82) is 0 Å². The summed E-state index contributed by atoms with van der Waals surface area (Å²) in [7, 11) is 3.09. The van der Waals surface area contributed by atoms with E-state index in [0.717, 1.165) is 29.5 Å². The first-order chi connectivity index (χ1) is 15.5. The molecule has 1 fully saturated rings. The highest BCUT2D eigenvalue weighted by Gasteiger charge is 2.53. The number of carboxylic acids is 1. The van der Waals surface area contributed by atoms with Gasteiger partial charge in [0.05, 0.1) is 32.3 Å². The molecule has 0 spiro atoms. The predicted molar refractivity (Wildman–Crippen MR) is 121 cm³/mol. The molecule has 170 valence electrons. The maximum Gasteiger partial charge on any atom is 0.338 e. The van der Waals surface area contributed by atoms with Crippen molar-refractivity contribution in [3.05, 3.63) is 41.5 Å². The zero-order valence-corrected chi connectivity index (χ0v) is 19.1. The Balaban J connectivity index is 1.75. The van der Waals surface area contributed by atoms with Crippen molar-refractivity contribution in [2.45, 2.75) is 19.4 Å². The number of carbonyl (C=O) groups excluding carboxylic acids is 1. The van der Waals surface area contributed by atoms with Crippen LogP contribution < -0.4 is 14.2 Å². The smallest absolute Gasteiger partial charge is 0.338 e. The second-order valence-electron chi connectivity index (χ2n) is 8.08. The number of rotatable bonds is 10. The van der Waals surface area contributed by atoms with Gasteiger partial charge in [-0.2, -0.15) is 11.8 Å². The minimum absolute atomic E-state index is 0.191. The van der Waals surface area contributed by atoms with E-state index < -0.39 is 17.3 Å². The van der Waals surface area contributed by atoms with Gasteiger partial charge in [0.1, 0.15) is 6.61 Å². The van der Waals surface area contributed by atoms with Crippen molar-refractivity contribution >= 4 is 23.7 Å². The molecule has 1 atom stereocenters. The number of hydrogen-bond acceptors (Lipinski definition) is 7. The van der Waals surface area contributed by atoms with Gasteiger partial charge in [0.2, 0.25) is 5.75 Å². The number of methoxy groups -OCH3 is 2. The highest BCUT2D eigenvalue weighted by atomic mass is 32.2. The van der Waals surface area contributed by atoms with Crippen LogP contribution in [0, 0.1) is 11.3 Å². The molecule has 1 heterocycles. The maximum absolute atomic E-state index is 12.1. The van der Waals surface area contributed by atoms with E-state index in [2.05, 4.69) is 0 Å². The number of thioether (sulfide) groups is 1. The molecule has 1 unspecified atom stereocenters. The molecular formula is C24H26O7S. The van der Waals surface area contributed by atoms with E-state index in [1.807, 2.05) is 24.5 Å². The summed E-state index contributed by atoms with van der Waals surface area (Å²) in [5.41, 5.74) is 2.48. The summed E-state index contributed by atoms with van der Waals surface area (Å²) in [6.07, 6.45) is 3.51. The van der Waals surface area contributed by atoms with Crippen LogP contribution in [0.5, 0.6) is 17.2 Å². The topological polar surface area (TPSA) is 91.3 Å². The Hall–Kier alpha value is -2.87. The van der Waals surface area contributed by atoms with Gasteiger partial charge in [-0.05, 0) is 42.9 Å². The zero-order valence-electron chi connectivity index (χ0n) is 18.3. The summed E-state index contributed by atoms with van der Waals surface area (Å²) in [4.78, 5) is 24.0. The molecule has 1 saturated carbocycles. The fourth-order valence-electron chi connectivity index (χ4n) is 4.30. The maximum atomic E-state index is 12.1. The average molecular weight is 459 g/mol. The minimum Gasteiger partial charge on any atom is -0.493 e. The normalized spacial score (nSPS) is 16.7. The molecular weight excluding hydrogens is 432 g/mol. The Morgan fingerprint density at radius 1 is 1.12 bits per heavy atom. The molecule has 2 aromatic carbocycles. The fraction of sp³-hybridized carbons (Fsp3) is 0.417. The van der Waals surface area contributed by atoms with Crippen LogP contribution in [-0.4, -0.2) is 49.9 Å². The van der Waals surface area contributed by atoms with Crippen molar-refractivity contribution in [2.24, 2.45) is 11.3 Å². The van der Waals surface area contributed by atoms with Gasteiger partial charge >= 0.3 is 11.9 Å². The lowest BCUT2D eigenvalue weighted by atomic mass is 9.91. The second kappa shape index (κ2) is 8.94. The molecule has 1 aliphatic carbocycles. The largest absolute Gasteiger partial charge is 0.493 e. The van der Waals surface area contributed by atoms with Crippen LogP contribution in [0.4, 0.5) is 0 Å². The molecule has 0 bridgehead atoms. The van der Waals surface area contributed by atoms with Gasteiger partial charge in [0, 0.05) is 22.3 Å². The van der Waals surface area contributed by atoms with E-state index in [0.29, 0.717) is 28.6 Å². The van der Waals surface area contributed by atoms with Crippen LogP contribution in [0.3, 0.4) is 0 Å². The first-order valence-corrected chi connectivity index (χ1v) is 11.7. The summed E-state index contributed by atoms with van der Waals surface area (Å²) in [5.74, 6) is 0.323. The Kier molecular flexibility index (Phi) is 6.24. The second-order valence-corrected chi connectivity index (χ2v) is 8.99. The molecule has 7 nitrogen and oxygen atoms in total. The van der Waals surface area contributed by atoms with Gasteiger partial charge in [-0.25, -0.2) is 4.79 Å². The molecule has 32 heavy (non-hydrogen) atoms. The van der Waals surface area contributed by atoms with Crippen molar-refractivity contribution in [3.8, 4) is 28.4 Å². The summed E-state index contributed by atoms with van der Waals surface area (Å²) >= 11 is 1.53. The molecule has 1 N–H and O–H groups in total. The van der Waals surface area contributed by atoms with Gasteiger partial charge in [-0.1, -0.05) is 12.1 Å². The highest BCUT2D eigenvalue weighted by molar-refractivity contribution is 7.98. The number of benzene rings is 2. The molecule has 0 saturated heterocycles. The van der Waals surface area contributed by atoms with Gasteiger partial charge in [-0.15, -0.1) is 0 Å². The monoisotopic (exact) mass is 458 g/mol. The Morgan fingerprint density at radius 2 is 1.88 bits per heavy atom. The van der Waals surface area contributed by atoms with Crippen molar-refractivity contribution in [3.63, 3.8) is 0 Å². The number of ether oxygens (including phenoxy) is 4. The molecule has 2 aliphatic rings. The first kappa shape index (κ1) is 22.3. The van der Waals surface area contributed by atoms with Crippen LogP contribution in [-0.2, 0) is 16.1 Å². The lowest BCUT2D eigenvalue weighted by molar-refractivity contribution is -0.143. The lowest BCUT2D eigenvalue weighted by Gasteiger charge is -2.25. The van der Waals surface area contributed by atoms with E-state index in [1.54, 1.807) is 19.2 Å².